The van der Waals surface area contributed by atoms with Gasteiger partial charge in [-0.15, -0.1) is 0 Å². The molecule has 1 aliphatic carbocycles. The minimum Gasteiger partial charge on any atom is -0.314 e. The Morgan fingerprint density at radius 3 is 2.68 bits per heavy atom. The van der Waals surface area contributed by atoms with Crippen LogP contribution in [-0.4, -0.2) is 12.6 Å². The van der Waals surface area contributed by atoms with Crippen molar-refractivity contribution in [2.75, 3.05) is 6.54 Å². The molecule has 1 nitrogen and oxygen atoms in total. The average molecular weight is 263 g/mol. The van der Waals surface area contributed by atoms with Gasteiger partial charge in [-0.1, -0.05) is 50.3 Å². The molecule has 1 aromatic carbocycles. The zero-order chi connectivity index (χ0) is 13.5. The van der Waals surface area contributed by atoms with Crippen molar-refractivity contribution in [1.29, 1.82) is 0 Å². The van der Waals surface area contributed by atoms with Crippen LogP contribution >= 0.6 is 0 Å². The Hall–Kier alpha value is -0.890. The van der Waals surface area contributed by atoms with E-state index < -0.39 is 0 Å². The third kappa shape index (κ3) is 4.94. The second kappa shape index (κ2) is 7.64. The maximum absolute atomic E-state index is 13.5. The molecular formula is C17H26FN. The Kier molecular flexibility index (Phi) is 5.84. The van der Waals surface area contributed by atoms with E-state index >= 15 is 0 Å². The highest BCUT2D eigenvalue weighted by molar-refractivity contribution is 5.18. The lowest BCUT2D eigenvalue weighted by Gasteiger charge is -2.22. The van der Waals surface area contributed by atoms with Gasteiger partial charge >= 0.3 is 0 Å². The van der Waals surface area contributed by atoms with E-state index in [0.717, 1.165) is 24.4 Å². The molecule has 0 spiro atoms. The smallest absolute Gasteiger partial charge is 0.126 e. The maximum atomic E-state index is 13.5. The summed E-state index contributed by atoms with van der Waals surface area (Å²) in [6, 6.07) is 7.44. The van der Waals surface area contributed by atoms with Crippen molar-refractivity contribution in [3.63, 3.8) is 0 Å². The number of halogens is 1. The SMILES string of the molecule is CC(Cc1ccccc1F)NCCC1CCCCC1. The second-order valence-corrected chi connectivity index (χ2v) is 5.94. The first-order valence-corrected chi connectivity index (χ1v) is 7.72. The zero-order valence-electron chi connectivity index (χ0n) is 12.0. The van der Waals surface area contributed by atoms with Crippen LogP contribution in [-0.2, 0) is 6.42 Å². The molecule has 1 aliphatic rings. The van der Waals surface area contributed by atoms with Gasteiger partial charge in [0.05, 0.1) is 0 Å². The van der Waals surface area contributed by atoms with E-state index in [2.05, 4.69) is 12.2 Å². The molecule has 2 heteroatoms. The van der Waals surface area contributed by atoms with Gasteiger partial charge in [-0.2, -0.15) is 0 Å². The summed E-state index contributed by atoms with van der Waals surface area (Å²) in [7, 11) is 0. The molecule has 0 aliphatic heterocycles. The third-order valence-corrected chi connectivity index (χ3v) is 4.25. The maximum Gasteiger partial charge on any atom is 0.126 e. The van der Waals surface area contributed by atoms with Crippen LogP contribution in [0.5, 0.6) is 0 Å². The van der Waals surface area contributed by atoms with Crippen molar-refractivity contribution in [1.82, 2.24) is 5.32 Å². The molecule has 1 saturated carbocycles. The normalized spacial score (nSPS) is 18.4. The van der Waals surface area contributed by atoms with Crippen LogP contribution in [0.2, 0.25) is 0 Å². The van der Waals surface area contributed by atoms with Crippen LogP contribution in [0, 0.1) is 11.7 Å². The second-order valence-electron chi connectivity index (χ2n) is 5.94. The van der Waals surface area contributed by atoms with Crippen LogP contribution < -0.4 is 5.32 Å². The average Bonchev–Trinajstić information content (AvgIpc) is 2.43. The standard InChI is InChI=1S/C17H26FN/c1-14(13-16-9-5-6-10-17(16)18)19-12-11-15-7-3-2-4-8-15/h5-6,9-10,14-15,19H,2-4,7-8,11-13H2,1H3. The molecular weight excluding hydrogens is 237 g/mol. The number of hydrogen-bond donors (Lipinski definition) is 1. The molecule has 1 aromatic rings. The third-order valence-electron chi connectivity index (χ3n) is 4.25. The molecule has 0 amide bonds. The van der Waals surface area contributed by atoms with Gasteiger partial charge in [-0.25, -0.2) is 4.39 Å². The first-order valence-electron chi connectivity index (χ1n) is 7.72. The van der Waals surface area contributed by atoms with Gasteiger partial charge in [-0.3, -0.25) is 0 Å². The highest BCUT2D eigenvalue weighted by atomic mass is 19.1. The lowest BCUT2D eigenvalue weighted by Crippen LogP contribution is -2.30. The summed E-state index contributed by atoms with van der Waals surface area (Å²) >= 11 is 0. The van der Waals surface area contributed by atoms with Gasteiger partial charge in [-0.05, 0) is 43.9 Å². The van der Waals surface area contributed by atoms with Crippen molar-refractivity contribution in [3.05, 3.63) is 35.6 Å². The van der Waals surface area contributed by atoms with Crippen LogP contribution in [0.15, 0.2) is 24.3 Å². The monoisotopic (exact) mass is 263 g/mol. The summed E-state index contributed by atoms with van der Waals surface area (Å²) in [6.07, 6.45) is 9.12. The summed E-state index contributed by atoms with van der Waals surface area (Å²) in [5, 5.41) is 3.54. The summed E-state index contributed by atoms with van der Waals surface area (Å²) in [5.41, 5.74) is 0.820. The van der Waals surface area contributed by atoms with Crippen molar-refractivity contribution in [3.8, 4) is 0 Å². The fourth-order valence-electron chi connectivity index (χ4n) is 3.08. The van der Waals surface area contributed by atoms with Crippen LogP contribution in [0.25, 0.3) is 0 Å². The van der Waals surface area contributed by atoms with Crippen LogP contribution in [0.3, 0.4) is 0 Å². The molecule has 1 N–H and O–H groups in total. The van der Waals surface area contributed by atoms with Gasteiger partial charge in [0.2, 0.25) is 0 Å². The minimum absolute atomic E-state index is 0.0802. The van der Waals surface area contributed by atoms with Gasteiger partial charge in [0, 0.05) is 6.04 Å². The van der Waals surface area contributed by atoms with Gasteiger partial charge < -0.3 is 5.32 Å². The number of rotatable bonds is 6. The highest BCUT2D eigenvalue weighted by Crippen LogP contribution is 2.25. The Balaban J connectivity index is 1.67. The Labute approximate surface area is 116 Å². The van der Waals surface area contributed by atoms with E-state index in [1.807, 2.05) is 12.1 Å². The molecule has 19 heavy (non-hydrogen) atoms. The molecule has 2 rings (SSSR count). The molecule has 0 bridgehead atoms. The highest BCUT2D eigenvalue weighted by Gasteiger charge is 2.13. The van der Waals surface area contributed by atoms with Gasteiger partial charge in [0.15, 0.2) is 0 Å². The van der Waals surface area contributed by atoms with Crippen LogP contribution in [0.4, 0.5) is 4.39 Å². The fourth-order valence-corrected chi connectivity index (χ4v) is 3.08. The van der Waals surface area contributed by atoms with Crippen molar-refractivity contribution >= 4 is 0 Å². The van der Waals surface area contributed by atoms with E-state index in [4.69, 9.17) is 0 Å². The predicted molar refractivity (Wildman–Crippen MR) is 78.8 cm³/mol. The molecule has 0 radical (unpaired) electrons. The van der Waals surface area contributed by atoms with E-state index in [1.165, 1.54) is 38.5 Å². The summed E-state index contributed by atoms with van der Waals surface area (Å²) in [6.45, 7) is 3.22. The molecule has 0 aromatic heterocycles. The summed E-state index contributed by atoms with van der Waals surface area (Å²) in [5.74, 6) is 0.838. The Morgan fingerprint density at radius 1 is 1.21 bits per heavy atom. The van der Waals surface area contributed by atoms with Gasteiger partial charge in [0.1, 0.15) is 5.82 Å². The topological polar surface area (TPSA) is 12.0 Å². The van der Waals surface area contributed by atoms with Crippen molar-refractivity contribution in [2.45, 2.75) is 57.9 Å². The quantitative estimate of drug-likeness (QED) is 0.806. The van der Waals surface area contributed by atoms with Crippen molar-refractivity contribution < 1.29 is 4.39 Å². The lowest BCUT2D eigenvalue weighted by molar-refractivity contribution is 0.328. The van der Waals surface area contributed by atoms with E-state index in [-0.39, 0.29) is 5.82 Å². The van der Waals surface area contributed by atoms with Gasteiger partial charge in [0.25, 0.3) is 0 Å². The number of benzene rings is 1. The number of nitrogens with one attached hydrogen (secondary N) is 1. The summed E-state index contributed by atoms with van der Waals surface area (Å²) in [4.78, 5) is 0. The number of hydrogen-bond acceptors (Lipinski definition) is 1. The molecule has 0 saturated heterocycles. The molecule has 1 atom stereocenters. The first-order chi connectivity index (χ1) is 9.25. The molecule has 0 heterocycles. The lowest BCUT2D eigenvalue weighted by atomic mass is 9.87. The predicted octanol–water partition coefficient (Wildman–Crippen LogP) is 4.32. The minimum atomic E-state index is -0.0802. The van der Waals surface area contributed by atoms with Crippen LogP contribution in [0.1, 0.15) is 51.0 Å². The fraction of sp³-hybridized carbons (Fsp3) is 0.647. The van der Waals surface area contributed by atoms with E-state index in [1.54, 1.807) is 12.1 Å². The van der Waals surface area contributed by atoms with E-state index in [9.17, 15) is 4.39 Å². The molecule has 106 valence electrons. The molecule has 1 unspecified atom stereocenters. The zero-order valence-corrected chi connectivity index (χ0v) is 12.0. The Morgan fingerprint density at radius 2 is 1.95 bits per heavy atom. The Bertz CT molecular complexity index is 371. The van der Waals surface area contributed by atoms with E-state index in [0.29, 0.717) is 6.04 Å². The summed E-state index contributed by atoms with van der Waals surface area (Å²) < 4.78 is 13.5. The largest absolute Gasteiger partial charge is 0.314 e. The molecule has 1 fully saturated rings. The first kappa shape index (κ1) is 14.5. The van der Waals surface area contributed by atoms with Crippen molar-refractivity contribution in [2.24, 2.45) is 5.92 Å².